The van der Waals surface area contributed by atoms with E-state index in [1.165, 1.54) is 11.3 Å². The molecule has 7 aromatic rings. The van der Waals surface area contributed by atoms with Crippen molar-refractivity contribution in [1.82, 2.24) is 24.5 Å². The highest BCUT2D eigenvalue weighted by atomic mass is 35.5. The van der Waals surface area contributed by atoms with Gasteiger partial charge in [-0.2, -0.15) is 0 Å². The fraction of sp³-hybridized carbons (Fsp3) is 0.214. The number of aromatic nitrogens is 5. The molecule has 10 heteroatoms. The Balaban J connectivity index is 1.32. The van der Waals surface area contributed by atoms with Gasteiger partial charge in [-0.1, -0.05) is 109 Å². The third-order valence-electron chi connectivity index (χ3n) is 11.0. The molecule has 0 aliphatic heterocycles. The van der Waals surface area contributed by atoms with Gasteiger partial charge in [-0.3, -0.25) is 0 Å². The van der Waals surface area contributed by atoms with Crippen LogP contribution in [0.25, 0.3) is 33.1 Å². The highest BCUT2D eigenvalue weighted by molar-refractivity contribution is 7.13. The molecule has 2 bridgehead atoms. The molecule has 0 saturated heterocycles. The van der Waals surface area contributed by atoms with E-state index in [0.29, 0.717) is 27.5 Å². The molecule has 4 aromatic heterocycles. The van der Waals surface area contributed by atoms with Crippen LogP contribution < -0.4 is 5.32 Å². The number of nitrogens with one attached hydrogen (secondary N) is 1. The highest BCUT2D eigenvalue weighted by Gasteiger charge is 2.44. The molecule has 3 aliphatic carbocycles. The molecule has 2 atom stereocenters. The minimum atomic E-state index is -0.918. The number of hydrogen-bond acceptors (Lipinski definition) is 7. The normalized spacial score (nSPS) is 19.9. The number of hydrogen-bond donors (Lipinski definition) is 1. The summed E-state index contributed by atoms with van der Waals surface area (Å²) in [6, 6.07) is 34.4. The summed E-state index contributed by atoms with van der Waals surface area (Å²) in [4.78, 5) is 32.6. The van der Waals surface area contributed by atoms with E-state index in [1.807, 2.05) is 78.3 Å². The van der Waals surface area contributed by atoms with Crippen molar-refractivity contribution in [3.05, 3.63) is 149 Å². The number of nitrogens with zero attached hydrogens (tertiary/aromatic N) is 5. The second-order valence-electron chi connectivity index (χ2n) is 13.7. The lowest BCUT2D eigenvalue weighted by Gasteiger charge is -2.46. The molecule has 7 nitrogen and oxygen atoms in total. The summed E-state index contributed by atoms with van der Waals surface area (Å²) in [6.45, 7) is 0. The predicted molar refractivity (Wildman–Crippen MR) is 204 cm³/mol. The van der Waals surface area contributed by atoms with Crippen molar-refractivity contribution < 1.29 is 9.18 Å². The number of anilines is 1. The Morgan fingerprint density at radius 1 is 0.808 bits per heavy atom. The smallest absolute Gasteiger partial charge is 0.192 e. The van der Waals surface area contributed by atoms with Crippen molar-refractivity contribution in [2.45, 2.75) is 37.3 Å². The van der Waals surface area contributed by atoms with Gasteiger partial charge in [0, 0.05) is 18.2 Å². The van der Waals surface area contributed by atoms with Crippen molar-refractivity contribution in [3.63, 3.8) is 0 Å². The molecule has 2 unspecified atom stereocenters. The summed E-state index contributed by atoms with van der Waals surface area (Å²) in [6.07, 6.45) is 8.63. The van der Waals surface area contributed by atoms with Gasteiger partial charge in [0.15, 0.2) is 23.1 Å². The van der Waals surface area contributed by atoms with Crippen molar-refractivity contribution in [2.24, 2.45) is 17.8 Å². The first-order valence-corrected chi connectivity index (χ1v) is 18.9. The topological polar surface area (TPSA) is 85.6 Å². The van der Waals surface area contributed by atoms with Crippen LogP contribution in [0.1, 0.15) is 42.4 Å². The number of rotatable bonds is 9. The first kappa shape index (κ1) is 32.6. The first-order valence-electron chi connectivity index (χ1n) is 17.6. The van der Waals surface area contributed by atoms with Crippen molar-refractivity contribution in [2.75, 3.05) is 5.32 Å². The van der Waals surface area contributed by atoms with Gasteiger partial charge in [0.05, 0.1) is 16.6 Å². The highest BCUT2D eigenvalue weighted by Crippen LogP contribution is 2.47. The Kier molecular flexibility index (Phi) is 8.40. The van der Waals surface area contributed by atoms with E-state index in [4.69, 9.17) is 31.5 Å². The van der Waals surface area contributed by atoms with Crippen molar-refractivity contribution >= 4 is 46.2 Å². The molecular formula is C42H34ClFN6OS. The molecule has 52 heavy (non-hydrogen) atoms. The SMILES string of the molecule is O=CC1C2CCC(CC2)C1Nc1nc(-c2cn(C(c3ccccc3)(c3ccccc3)c3ccccc3)c3ncc(Cl)nc23)nc(-c2cccs2)c1F. The molecule has 0 spiro atoms. The maximum atomic E-state index is 16.7. The average molecular weight is 725 g/mol. The number of fused-ring (bicyclic) bond motifs is 4. The second kappa shape index (κ2) is 13.4. The largest absolute Gasteiger partial charge is 0.364 e. The fourth-order valence-electron chi connectivity index (χ4n) is 8.65. The number of aldehydes is 1. The fourth-order valence-corrected chi connectivity index (χ4v) is 9.49. The lowest BCUT2D eigenvalue weighted by atomic mass is 9.62. The summed E-state index contributed by atoms with van der Waals surface area (Å²) >= 11 is 8.00. The Hall–Kier alpha value is -5.25. The van der Waals surface area contributed by atoms with Gasteiger partial charge in [-0.25, -0.2) is 24.3 Å². The van der Waals surface area contributed by atoms with E-state index < -0.39 is 11.4 Å². The standard InChI is InChI=1S/C42H34ClFN6OS/c43-34-23-45-41-37(46-34)31(24-50(41)42(28-11-4-1-5-12-28,29-13-6-2-7-14-29)30-15-8-3-9-16-30)39-48-38(33-17-10-22-52-33)35(44)40(49-39)47-36-27-20-18-26(19-21-27)32(36)25-51/h1-17,22-27,32,36H,18-21H2,(H,47,48,49). The third kappa shape index (κ3) is 5.33. The minimum Gasteiger partial charge on any atom is -0.364 e. The first-order chi connectivity index (χ1) is 25.6. The lowest BCUT2D eigenvalue weighted by molar-refractivity contribution is -0.116. The molecule has 3 saturated carbocycles. The second-order valence-corrected chi connectivity index (χ2v) is 15.0. The van der Waals surface area contributed by atoms with Crippen LogP contribution in [0.5, 0.6) is 0 Å². The van der Waals surface area contributed by atoms with Crippen LogP contribution in [-0.2, 0) is 10.3 Å². The maximum absolute atomic E-state index is 16.7. The summed E-state index contributed by atoms with van der Waals surface area (Å²) in [5.74, 6) is 0.160. The molecule has 0 radical (unpaired) electrons. The molecule has 3 aliphatic rings. The number of carbonyl (C=O) groups is 1. The summed E-state index contributed by atoms with van der Waals surface area (Å²) < 4.78 is 18.8. The van der Waals surface area contributed by atoms with Crippen LogP contribution in [0.4, 0.5) is 10.2 Å². The monoisotopic (exact) mass is 724 g/mol. The number of halogens is 2. The van der Waals surface area contributed by atoms with E-state index in [9.17, 15) is 4.79 Å². The Morgan fingerprint density at radius 2 is 1.42 bits per heavy atom. The molecule has 10 rings (SSSR count). The predicted octanol–water partition coefficient (Wildman–Crippen LogP) is 9.67. The van der Waals surface area contributed by atoms with E-state index in [1.54, 1.807) is 6.20 Å². The molecule has 258 valence electrons. The molecular weight excluding hydrogens is 691 g/mol. The quantitative estimate of drug-likeness (QED) is 0.118. The van der Waals surface area contributed by atoms with Crippen LogP contribution >= 0.6 is 22.9 Å². The van der Waals surface area contributed by atoms with Gasteiger partial charge in [0.1, 0.15) is 28.2 Å². The Morgan fingerprint density at radius 3 is 2.00 bits per heavy atom. The number of benzene rings is 3. The summed E-state index contributed by atoms with van der Waals surface area (Å²) in [5, 5.41) is 5.56. The van der Waals surface area contributed by atoms with Crippen molar-refractivity contribution in [1.29, 1.82) is 0 Å². The number of carbonyl (C=O) groups excluding carboxylic acids is 1. The van der Waals surface area contributed by atoms with Gasteiger partial charge in [0.2, 0.25) is 0 Å². The van der Waals surface area contributed by atoms with Crippen LogP contribution in [-0.4, -0.2) is 36.8 Å². The summed E-state index contributed by atoms with van der Waals surface area (Å²) in [7, 11) is 0. The minimum absolute atomic E-state index is 0.0779. The van der Waals surface area contributed by atoms with Crippen LogP contribution in [0.2, 0.25) is 5.15 Å². The lowest BCUT2D eigenvalue weighted by Crippen LogP contribution is -2.49. The summed E-state index contributed by atoms with van der Waals surface area (Å²) in [5.41, 5.74) is 3.86. The third-order valence-corrected chi connectivity index (χ3v) is 12.1. The van der Waals surface area contributed by atoms with E-state index >= 15 is 4.39 Å². The van der Waals surface area contributed by atoms with Crippen LogP contribution in [0.3, 0.4) is 0 Å². The van der Waals surface area contributed by atoms with Gasteiger partial charge >= 0.3 is 0 Å². The molecule has 1 N–H and O–H groups in total. The Bertz CT molecular complexity index is 2270. The van der Waals surface area contributed by atoms with Crippen molar-refractivity contribution in [3.8, 4) is 22.0 Å². The number of thiophene rings is 1. The average Bonchev–Trinajstić information content (AvgIpc) is 3.87. The maximum Gasteiger partial charge on any atom is 0.192 e. The molecule has 3 aromatic carbocycles. The molecule has 4 heterocycles. The molecule has 3 fully saturated rings. The van der Waals surface area contributed by atoms with Gasteiger partial charge in [0.25, 0.3) is 0 Å². The van der Waals surface area contributed by atoms with Crippen LogP contribution in [0, 0.1) is 23.6 Å². The zero-order chi connectivity index (χ0) is 35.2. The van der Waals surface area contributed by atoms with Gasteiger partial charge in [-0.05, 0) is 65.7 Å². The van der Waals surface area contributed by atoms with Gasteiger partial charge < -0.3 is 14.7 Å². The van der Waals surface area contributed by atoms with E-state index in [0.717, 1.165) is 48.7 Å². The van der Waals surface area contributed by atoms with E-state index in [-0.39, 0.29) is 40.4 Å². The zero-order valence-electron chi connectivity index (χ0n) is 28.1. The van der Waals surface area contributed by atoms with E-state index in [2.05, 4.69) is 46.3 Å². The zero-order valence-corrected chi connectivity index (χ0v) is 29.6. The van der Waals surface area contributed by atoms with Crippen LogP contribution in [0.15, 0.2) is 121 Å². The molecule has 0 amide bonds. The van der Waals surface area contributed by atoms with Gasteiger partial charge in [-0.15, -0.1) is 11.3 Å². The Labute approximate surface area is 309 Å².